The van der Waals surface area contributed by atoms with Crippen LogP contribution in [0, 0.1) is 5.92 Å². The number of hydrogen-bond donors (Lipinski definition) is 2. The molecule has 7 heteroatoms. The fourth-order valence-electron chi connectivity index (χ4n) is 3.96. The summed E-state index contributed by atoms with van der Waals surface area (Å²) in [5, 5.41) is 5.68. The van der Waals surface area contributed by atoms with Gasteiger partial charge in [0.05, 0.1) is 0 Å². The number of carbonyl (C=O) groups is 2. The van der Waals surface area contributed by atoms with E-state index < -0.39 is 0 Å². The molecule has 1 aliphatic rings. The van der Waals surface area contributed by atoms with Crippen molar-refractivity contribution in [2.24, 2.45) is 5.92 Å². The van der Waals surface area contributed by atoms with Gasteiger partial charge in [-0.2, -0.15) is 0 Å². The molecule has 1 aromatic heterocycles. The van der Waals surface area contributed by atoms with Crippen molar-refractivity contribution in [1.29, 1.82) is 0 Å². The molecule has 2 atom stereocenters. The molecule has 2 unspecified atom stereocenters. The second-order valence-corrected chi connectivity index (χ2v) is 7.64. The highest BCUT2D eigenvalue weighted by atomic mass is 16.3. The monoisotopic (exact) mass is 406 g/mol. The van der Waals surface area contributed by atoms with Crippen LogP contribution in [-0.4, -0.2) is 36.6 Å². The number of para-hydroxylation sites is 2. The largest absolute Gasteiger partial charge is 0.436 e. The van der Waals surface area contributed by atoms with E-state index in [1.54, 1.807) is 11.9 Å². The minimum absolute atomic E-state index is 0.0421. The van der Waals surface area contributed by atoms with Gasteiger partial charge in [-0.3, -0.25) is 4.79 Å². The molecule has 0 aliphatic heterocycles. The molecule has 3 aromatic rings. The van der Waals surface area contributed by atoms with Crippen molar-refractivity contribution in [3.05, 3.63) is 48.5 Å². The number of oxazole rings is 1. The van der Waals surface area contributed by atoms with Gasteiger partial charge in [-0.15, -0.1) is 0 Å². The number of rotatable bonds is 5. The third-order valence-corrected chi connectivity index (χ3v) is 5.58. The Morgan fingerprint density at radius 3 is 2.63 bits per heavy atom. The molecule has 30 heavy (non-hydrogen) atoms. The van der Waals surface area contributed by atoms with E-state index in [1.807, 2.05) is 55.5 Å². The third kappa shape index (κ3) is 4.15. The van der Waals surface area contributed by atoms with Crippen LogP contribution in [0.4, 0.5) is 10.5 Å². The highest BCUT2D eigenvalue weighted by Gasteiger charge is 2.32. The lowest BCUT2D eigenvalue weighted by Gasteiger charge is -2.21. The van der Waals surface area contributed by atoms with Crippen molar-refractivity contribution in [2.45, 2.75) is 32.2 Å². The summed E-state index contributed by atoms with van der Waals surface area (Å²) in [4.78, 5) is 30.9. The molecule has 7 nitrogen and oxygen atoms in total. The van der Waals surface area contributed by atoms with Gasteiger partial charge in [-0.1, -0.05) is 12.1 Å². The average molecular weight is 406 g/mol. The fourth-order valence-corrected chi connectivity index (χ4v) is 3.96. The Bertz CT molecular complexity index is 1010. The molecule has 0 spiro atoms. The van der Waals surface area contributed by atoms with E-state index in [4.69, 9.17) is 4.42 Å². The smallest absolute Gasteiger partial charge is 0.314 e. The van der Waals surface area contributed by atoms with Gasteiger partial charge in [-0.05, 0) is 62.6 Å². The number of urea groups is 1. The Labute approximate surface area is 175 Å². The van der Waals surface area contributed by atoms with Gasteiger partial charge in [0.2, 0.25) is 11.8 Å². The number of anilines is 1. The third-order valence-electron chi connectivity index (χ3n) is 5.58. The number of aromatic nitrogens is 1. The number of nitrogens with one attached hydrogen (secondary N) is 2. The van der Waals surface area contributed by atoms with E-state index in [0.717, 1.165) is 35.2 Å². The lowest BCUT2D eigenvalue weighted by Crippen LogP contribution is -2.41. The minimum Gasteiger partial charge on any atom is -0.436 e. The number of amides is 3. The van der Waals surface area contributed by atoms with Crippen molar-refractivity contribution < 1.29 is 14.0 Å². The predicted molar refractivity (Wildman–Crippen MR) is 116 cm³/mol. The summed E-state index contributed by atoms with van der Waals surface area (Å²) in [6, 6.07) is 15.2. The zero-order valence-corrected chi connectivity index (χ0v) is 17.2. The zero-order valence-electron chi connectivity index (χ0n) is 17.2. The molecule has 2 aromatic carbocycles. The first-order valence-electron chi connectivity index (χ1n) is 10.3. The number of nitrogens with zero attached hydrogens (tertiary/aromatic N) is 2. The van der Waals surface area contributed by atoms with Gasteiger partial charge in [0.1, 0.15) is 5.52 Å². The summed E-state index contributed by atoms with van der Waals surface area (Å²) in [6.45, 7) is 2.47. The molecule has 0 saturated heterocycles. The standard InChI is InChI=1S/C23H26N4O3/c1-3-24-23(29)25-17-11-8-16(14-17)22(28)27(2)18-12-9-15(10-13-18)21-26-19-6-4-5-7-20(19)30-21/h4-7,9-10,12-13,16-17H,3,8,11,14H2,1-2H3,(H2,24,25,29). The maximum atomic E-state index is 12.9. The van der Waals surface area contributed by atoms with Crippen LogP contribution in [0.25, 0.3) is 22.6 Å². The van der Waals surface area contributed by atoms with E-state index in [0.29, 0.717) is 18.9 Å². The van der Waals surface area contributed by atoms with Crippen molar-refractivity contribution in [3.8, 4) is 11.5 Å². The average Bonchev–Trinajstić information content (AvgIpc) is 3.40. The van der Waals surface area contributed by atoms with Crippen molar-refractivity contribution in [3.63, 3.8) is 0 Å². The van der Waals surface area contributed by atoms with Crippen LogP contribution < -0.4 is 15.5 Å². The van der Waals surface area contributed by atoms with Gasteiger partial charge in [-0.25, -0.2) is 9.78 Å². The van der Waals surface area contributed by atoms with Gasteiger partial charge < -0.3 is 20.0 Å². The molecule has 1 fully saturated rings. The molecular formula is C23H26N4O3. The normalized spacial score (nSPS) is 18.3. The van der Waals surface area contributed by atoms with Crippen LogP contribution in [0.1, 0.15) is 26.2 Å². The molecule has 3 amide bonds. The molecular weight excluding hydrogens is 380 g/mol. The lowest BCUT2D eigenvalue weighted by atomic mass is 10.1. The van der Waals surface area contributed by atoms with Crippen molar-refractivity contribution in [2.75, 3.05) is 18.5 Å². The second-order valence-electron chi connectivity index (χ2n) is 7.64. The molecule has 0 bridgehead atoms. The van der Waals surface area contributed by atoms with Crippen molar-refractivity contribution in [1.82, 2.24) is 15.6 Å². The second kappa shape index (κ2) is 8.57. The Morgan fingerprint density at radius 1 is 1.13 bits per heavy atom. The first kappa shape index (κ1) is 19.9. The van der Waals surface area contributed by atoms with Crippen LogP contribution in [0.15, 0.2) is 52.9 Å². The first-order valence-corrected chi connectivity index (χ1v) is 10.3. The van der Waals surface area contributed by atoms with Gasteiger partial charge in [0.15, 0.2) is 5.58 Å². The molecule has 2 N–H and O–H groups in total. The summed E-state index contributed by atoms with van der Waals surface area (Å²) >= 11 is 0. The number of benzene rings is 2. The quantitative estimate of drug-likeness (QED) is 0.672. The summed E-state index contributed by atoms with van der Waals surface area (Å²) < 4.78 is 5.81. The van der Waals surface area contributed by atoms with E-state index in [1.165, 1.54) is 0 Å². The highest BCUT2D eigenvalue weighted by Crippen LogP contribution is 2.30. The summed E-state index contributed by atoms with van der Waals surface area (Å²) in [5.74, 6) is 0.551. The zero-order chi connectivity index (χ0) is 21.1. The van der Waals surface area contributed by atoms with E-state index in [9.17, 15) is 9.59 Å². The fraction of sp³-hybridized carbons (Fsp3) is 0.348. The van der Waals surface area contributed by atoms with Crippen molar-refractivity contribution >= 4 is 28.7 Å². The Balaban J connectivity index is 1.40. The van der Waals surface area contributed by atoms with E-state index in [2.05, 4.69) is 15.6 Å². The Kier molecular flexibility index (Phi) is 5.70. The van der Waals surface area contributed by atoms with Crippen LogP contribution >= 0.6 is 0 Å². The SMILES string of the molecule is CCNC(=O)NC1CCC(C(=O)N(C)c2ccc(-c3nc4ccccc4o3)cc2)C1. The van der Waals surface area contributed by atoms with Gasteiger partial charge >= 0.3 is 6.03 Å². The van der Waals surface area contributed by atoms with E-state index in [-0.39, 0.29) is 23.9 Å². The van der Waals surface area contributed by atoms with Crippen LogP contribution in [0.3, 0.4) is 0 Å². The lowest BCUT2D eigenvalue weighted by molar-refractivity contribution is -0.121. The number of fused-ring (bicyclic) bond motifs is 1. The molecule has 1 aliphatic carbocycles. The minimum atomic E-state index is -0.168. The summed E-state index contributed by atoms with van der Waals surface area (Å²) in [7, 11) is 1.79. The van der Waals surface area contributed by atoms with Crippen LogP contribution in [0.5, 0.6) is 0 Å². The van der Waals surface area contributed by atoms with E-state index >= 15 is 0 Å². The van der Waals surface area contributed by atoms with Crippen LogP contribution in [-0.2, 0) is 4.79 Å². The topological polar surface area (TPSA) is 87.5 Å². The predicted octanol–water partition coefficient (Wildman–Crippen LogP) is 3.95. The van der Waals surface area contributed by atoms with Crippen LogP contribution in [0.2, 0.25) is 0 Å². The first-order chi connectivity index (χ1) is 14.5. The van der Waals surface area contributed by atoms with Gasteiger partial charge in [0, 0.05) is 36.8 Å². The Morgan fingerprint density at radius 2 is 1.90 bits per heavy atom. The highest BCUT2D eigenvalue weighted by molar-refractivity contribution is 5.95. The molecule has 156 valence electrons. The maximum Gasteiger partial charge on any atom is 0.314 e. The maximum absolute atomic E-state index is 12.9. The van der Waals surface area contributed by atoms with Gasteiger partial charge in [0.25, 0.3) is 0 Å². The number of hydrogen-bond acceptors (Lipinski definition) is 4. The molecule has 4 rings (SSSR count). The summed E-state index contributed by atoms with van der Waals surface area (Å²) in [6.07, 6.45) is 2.26. The molecule has 1 heterocycles. The number of carbonyl (C=O) groups excluding carboxylic acids is 2. The Hall–Kier alpha value is -3.35. The summed E-state index contributed by atoms with van der Waals surface area (Å²) in [5.41, 5.74) is 3.25. The molecule has 0 radical (unpaired) electrons. The molecule has 1 saturated carbocycles.